The number of carbonyl (C=O) groups is 1. The number of carbonyl (C=O) groups excluding carboxylic acids is 1. The van der Waals surface area contributed by atoms with Crippen LogP contribution in [0, 0.1) is 0 Å². The molecule has 0 saturated heterocycles. The second-order valence-corrected chi connectivity index (χ2v) is 6.54. The third kappa shape index (κ3) is 4.14. The Morgan fingerprint density at radius 1 is 1.52 bits per heavy atom. The van der Waals surface area contributed by atoms with Crippen molar-refractivity contribution in [2.45, 2.75) is 12.7 Å². The molecule has 23 heavy (non-hydrogen) atoms. The topological polar surface area (TPSA) is 38.1 Å². The lowest BCUT2D eigenvalue weighted by Crippen LogP contribution is -2.31. The third-order valence-corrected chi connectivity index (χ3v) is 4.16. The molecule has 0 aliphatic carbocycles. The van der Waals surface area contributed by atoms with E-state index in [4.69, 9.17) is 11.6 Å². The SMILES string of the molecule is C=CCN(Cc1ccc(Cl)s1)C(=O)c1cn(C)nc1C(F)(F)F. The zero-order valence-corrected chi connectivity index (χ0v) is 13.7. The zero-order chi connectivity index (χ0) is 17.2. The average molecular weight is 364 g/mol. The van der Waals surface area contributed by atoms with Gasteiger partial charge in [-0.25, -0.2) is 0 Å². The molecule has 0 aromatic carbocycles. The van der Waals surface area contributed by atoms with Crippen molar-refractivity contribution in [2.24, 2.45) is 7.05 Å². The molecule has 2 aromatic heterocycles. The fraction of sp³-hybridized carbons (Fsp3) is 0.286. The monoisotopic (exact) mass is 363 g/mol. The Hall–Kier alpha value is -1.80. The van der Waals surface area contributed by atoms with E-state index in [0.717, 1.165) is 15.8 Å². The largest absolute Gasteiger partial charge is 0.435 e. The number of hydrogen-bond donors (Lipinski definition) is 0. The van der Waals surface area contributed by atoms with Gasteiger partial charge in [0.15, 0.2) is 5.69 Å². The van der Waals surface area contributed by atoms with Gasteiger partial charge in [0.2, 0.25) is 0 Å². The molecule has 0 unspecified atom stereocenters. The summed E-state index contributed by atoms with van der Waals surface area (Å²) >= 11 is 7.10. The van der Waals surface area contributed by atoms with Crippen molar-refractivity contribution < 1.29 is 18.0 Å². The first-order valence-electron chi connectivity index (χ1n) is 6.47. The van der Waals surface area contributed by atoms with Crippen LogP contribution in [0.4, 0.5) is 13.2 Å². The predicted molar refractivity (Wildman–Crippen MR) is 82.5 cm³/mol. The number of alkyl halides is 3. The summed E-state index contributed by atoms with van der Waals surface area (Å²) < 4.78 is 40.6. The first-order chi connectivity index (χ1) is 10.7. The lowest BCUT2D eigenvalue weighted by atomic mass is 10.2. The highest BCUT2D eigenvalue weighted by atomic mass is 35.5. The molecular weight excluding hydrogens is 351 g/mol. The van der Waals surface area contributed by atoms with Crippen LogP contribution >= 0.6 is 22.9 Å². The lowest BCUT2D eigenvalue weighted by Gasteiger charge is -2.20. The van der Waals surface area contributed by atoms with Crippen LogP contribution in [-0.2, 0) is 19.8 Å². The Labute approximate surface area is 139 Å². The molecule has 0 aliphatic rings. The van der Waals surface area contributed by atoms with E-state index in [-0.39, 0.29) is 13.1 Å². The highest BCUT2D eigenvalue weighted by molar-refractivity contribution is 7.16. The minimum absolute atomic E-state index is 0.112. The lowest BCUT2D eigenvalue weighted by molar-refractivity contribution is -0.141. The Kier molecular flexibility index (Phi) is 5.16. The van der Waals surface area contributed by atoms with Gasteiger partial charge in [-0.1, -0.05) is 17.7 Å². The number of rotatable bonds is 5. The van der Waals surface area contributed by atoms with Gasteiger partial charge in [-0.15, -0.1) is 17.9 Å². The van der Waals surface area contributed by atoms with E-state index < -0.39 is 23.3 Å². The van der Waals surface area contributed by atoms with Gasteiger partial charge in [0.25, 0.3) is 5.91 Å². The van der Waals surface area contributed by atoms with Crippen molar-refractivity contribution in [2.75, 3.05) is 6.54 Å². The Morgan fingerprint density at radius 2 is 2.22 bits per heavy atom. The summed E-state index contributed by atoms with van der Waals surface area (Å²) in [5.74, 6) is -0.755. The Balaban J connectivity index is 2.33. The van der Waals surface area contributed by atoms with E-state index in [2.05, 4.69) is 11.7 Å². The first kappa shape index (κ1) is 17.6. The van der Waals surface area contributed by atoms with Crippen molar-refractivity contribution in [1.82, 2.24) is 14.7 Å². The van der Waals surface area contributed by atoms with Crippen LogP contribution in [0.15, 0.2) is 31.0 Å². The van der Waals surface area contributed by atoms with Crippen LogP contribution in [0.5, 0.6) is 0 Å². The fourth-order valence-corrected chi connectivity index (χ4v) is 3.13. The molecule has 0 atom stereocenters. The minimum Gasteiger partial charge on any atom is -0.330 e. The number of aromatic nitrogens is 2. The van der Waals surface area contributed by atoms with Crippen LogP contribution in [0.3, 0.4) is 0 Å². The van der Waals surface area contributed by atoms with Gasteiger partial charge in [0.05, 0.1) is 16.4 Å². The maximum absolute atomic E-state index is 13.0. The molecule has 9 heteroatoms. The molecular formula is C14H13ClF3N3OS. The number of thiophene rings is 1. The molecule has 0 aliphatic heterocycles. The summed E-state index contributed by atoms with van der Waals surface area (Å²) in [6.45, 7) is 3.80. The van der Waals surface area contributed by atoms with Gasteiger partial charge in [0, 0.05) is 24.7 Å². The molecule has 4 nitrogen and oxygen atoms in total. The molecule has 1 amide bonds. The molecule has 2 aromatic rings. The molecule has 0 bridgehead atoms. The summed E-state index contributed by atoms with van der Waals surface area (Å²) in [6, 6.07) is 3.40. The molecule has 2 rings (SSSR count). The minimum atomic E-state index is -4.70. The maximum Gasteiger partial charge on any atom is 0.435 e. The number of halogens is 4. The van der Waals surface area contributed by atoms with E-state index in [9.17, 15) is 18.0 Å². The highest BCUT2D eigenvalue weighted by Gasteiger charge is 2.39. The number of amides is 1. The van der Waals surface area contributed by atoms with Gasteiger partial charge < -0.3 is 4.90 Å². The second kappa shape index (κ2) is 6.76. The summed E-state index contributed by atoms with van der Waals surface area (Å²) in [5.41, 5.74) is -1.67. The van der Waals surface area contributed by atoms with E-state index in [0.29, 0.717) is 4.34 Å². The molecule has 0 saturated carbocycles. The van der Waals surface area contributed by atoms with Crippen LogP contribution in [0.1, 0.15) is 20.9 Å². The third-order valence-electron chi connectivity index (χ3n) is 2.94. The van der Waals surface area contributed by atoms with Crippen molar-refractivity contribution in [3.63, 3.8) is 0 Å². The quantitative estimate of drug-likeness (QED) is 0.753. The van der Waals surface area contributed by atoms with Crippen molar-refractivity contribution >= 4 is 28.8 Å². The first-order valence-corrected chi connectivity index (χ1v) is 7.67. The second-order valence-electron chi connectivity index (χ2n) is 4.74. The smallest absolute Gasteiger partial charge is 0.330 e. The zero-order valence-electron chi connectivity index (χ0n) is 12.1. The van der Waals surface area contributed by atoms with Gasteiger partial charge in [-0.3, -0.25) is 9.48 Å². The van der Waals surface area contributed by atoms with E-state index >= 15 is 0 Å². The van der Waals surface area contributed by atoms with Gasteiger partial charge >= 0.3 is 6.18 Å². The molecule has 2 heterocycles. The summed E-state index contributed by atoms with van der Waals surface area (Å²) in [6.07, 6.45) is -2.17. The molecule has 0 fully saturated rings. The standard InChI is InChI=1S/C14H13ClF3N3OS/c1-3-6-21(7-9-4-5-11(15)23-9)13(22)10-8-20(2)19-12(10)14(16,17)18/h3-5,8H,1,6-7H2,2H3. The Morgan fingerprint density at radius 3 is 2.74 bits per heavy atom. The maximum atomic E-state index is 13.0. The van der Waals surface area contributed by atoms with Gasteiger partial charge in [-0.2, -0.15) is 18.3 Å². The summed E-state index contributed by atoms with van der Waals surface area (Å²) in [5, 5.41) is 3.36. The predicted octanol–water partition coefficient (Wildman–Crippen LogP) is 3.98. The average Bonchev–Trinajstić information content (AvgIpc) is 3.03. The van der Waals surface area contributed by atoms with Crippen molar-refractivity contribution in [3.05, 3.63) is 51.5 Å². The molecule has 0 radical (unpaired) electrons. The highest BCUT2D eigenvalue weighted by Crippen LogP contribution is 2.31. The van der Waals surface area contributed by atoms with Gasteiger partial charge in [0.1, 0.15) is 0 Å². The van der Waals surface area contributed by atoms with Crippen molar-refractivity contribution in [3.8, 4) is 0 Å². The van der Waals surface area contributed by atoms with Crippen LogP contribution < -0.4 is 0 Å². The van der Waals surface area contributed by atoms with E-state index in [1.165, 1.54) is 29.4 Å². The van der Waals surface area contributed by atoms with E-state index in [1.807, 2.05) is 0 Å². The van der Waals surface area contributed by atoms with Crippen LogP contribution in [-0.4, -0.2) is 27.1 Å². The van der Waals surface area contributed by atoms with E-state index in [1.54, 1.807) is 12.1 Å². The van der Waals surface area contributed by atoms with Crippen molar-refractivity contribution in [1.29, 1.82) is 0 Å². The van der Waals surface area contributed by atoms with Crippen LogP contribution in [0.25, 0.3) is 0 Å². The number of aryl methyl sites for hydroxylation is 1. The summed E-state index contributed by atoms with van der Waals surface area (Å²) in [4.78, 5) is 14.6. The van der Waals surface area contributed by atoms with Crippen LogP contribution in [0.2, 0.25) is 4.34 Å². The van der Waals surface area contributed by atoms with Gasteiger partial charge in [-0.05, 0) is 12.1 Å². The normalized spacial score (nSPS) is 11.5. The molecule has 124 valence electrons. The Bertz CT molecular complexity index is 723. The molecule has 0 N–H and O–H groups in total. The summed E-state index contributed by atoms with van der Waals surface area (Å²) in [7, 11) is 1.34. The number of hydrogen-bond acceptors (Lipinski definition) is 3. The molecule has 0 spiro atoms. The number of nitrogens with zero attached hydrogens (tertiary/aromatic N) is 3. The fourth-order valence-electron chi connectivity index (χ4n) is 2.02.